The quantitative estimate of drug-likeness (QED) is 0.663. The molecule has 2 aromatic carbocycles. The summed E-state index contributed by atoms with van der Waals surface area (Å²) in [7, 11) is 2.22. The summed E-state index contributed by atoms with van der Waals surface area (Å²) in [6.07, 6.45) is 1.18. The molecule has 0 spiro atoms. The predicted molar refractivity (Wildman–Crippen MR) is 73.3 cm³/mol. The highest BCUT2D eigenvalue weighted by molar-refractivity contribution is 5.85. The normalized spacial score (nSPS) is 20.5. The molecule has 0 saturated heterocycles. The Morgan fingerprint density at radius 3 is 2.65 bits per heavy atom. The third-order valence-corrected chi connectivity index (χ3v) is 4.00. The molecule has 17 heavy (non-hydrogen) atoms. The van der Waals surface area contributed by atoms with E-state index in [1.54, 1.807) is 0 Å². The van der Waals surface area contributed by atoms with Gasteiger partial charge in [0, 0.05) is 12.6 Å². The minimum Gasteiger partial charge on any atom is -0.299 e. The van der Waals surface area contributed by atoms with Crippen molar-refractivity contribution >= 4 is 10.8 Å². The Morgan fingerprint density at radius 1 is 1.06 bits per heavy atom. The molecule has 0 saturated carbocycles. The maximum absolute atomic E-state index is 2.43. The third-order valence-electron chi connectivity index (χ3n) is 4.00. The van der Waals surface area contributed by atoms with Crippen LogP contribution in [-0.4, -0.2) is 18.0 Å². The molecule has 1 heterocycles. The first kappa shape index (κ1) is 10.8. The second-order valence-corrected chi connectivity index (χ2v) is 5.44. The molecule has 0 aromatic heterocycles. The van der Waals surface area contributed by atoms with Crippen LogP contribution in [0, 0.1) is 6.92 Å². The molecule has 0 radical (unpaired) electrons. The highest BCUT2D eigenvalue weighted by Gasteiger charge is 2.19. The fraction of sp³-hybridized carbons (Fsp3) is 0.375. The van der Waals surface area contributed by atoms with Crippen molar-refractivity contribution in [2.45, 2.75) is 32.9 Å². The highest BCUT2D eigenvalue weighted by Crippen LogP contribution is 2.27. The van der Waals surface area contributed by atoms with E-state index in [0.29, 0.717) is 6.04 Å². The van der Waals surface area contributed by atoms with Crippen molar-refractivity contribution in [3.05, 3.63) is 47.0 Å². The van der Waals surface area contributed by atoms with Crippen molar-refractivity contribution in [3.8, 4) is 0 Å². The zero-order chi connectivity index (χ0) is 12.0. The summed E-state index contributed by atoms with van der Waals surface area (Å²) >= 11 is 0. The van der Waals surface area contributed by atoms with E-state index in [4.69, 9.17) is 0 Å². The molecule has 0 aliphatic carbocycles. The van der Waals surface area contributed by atoms with Crippen LogP contribution < -0.4 is 0 Å². The lowest BCUT2D eigenvalue weighted by Gasteiger charge is -2.31. The van der Waals surface area contributed by atoms with Crippen LogP contribution in [0.3, 0.4) is 0 Å². The van der Waals surface area contributed by atoms with Crippen molar-refractivity contribution in [2.24, 2.45) is 0 Å². The van der Waals surface area contributed by atoms with Gasteiger partial charge in [-0.25, -0.2) is 0 Å². The lowest BCUT2D eigenvalue weighted by atomic mass is 9.92. The maximum Gasteiger partial charge on any atom is 0.0236 e. The molecule has 0 fully saturated rings. The Morgan fingerprint density at radius 2 is 1.82 bits per heavy atom. The maximum atomic E-state index is 2.43. The topological polar surface area (TPSA) is 3.24 Å². The van der Waals surface area contributed by atoms with Crippen LogP contribution in [0.4, 0.5) is 0 Å². The van der Waals surface area contributed by atoms with E-state index in [1.807, 2.05) is 0 Å². The summed E-state index contributed by atoms with van der Waals surface area (Å²) < 4.78 is 0. The third kappa shape index (κ3) is 1.85. The van der Waals surface area contributed by atoms with E-state index in [1.165, 1.54) is 33.9 Å². The monoisotopic (exact) mass is 225 g/mol. The molecule has 88 valence electrons. The van der Waals surface area contributed by atoms with Gasteiger partial charge in [0.2, 0.25) is 0 Å². The number of hydrogen-bond donors (Lipinski definition) is 0. The summed E-state index contributed by atoms with van der Waals surface area (Å²) in [5.41, 5.74) is 4.38. The summed E-state index contributed by atoms with van der Waals surface area (Å²) in [5.74, 6) is 0. The molecular formula is C16H19N. The molecule has 1 nitrogen and oxygen atoms in total. The van der Waals surface area contributed by atoms with E-state index in [-0.39, 0.29) is 0 Å². The molecule has 1 atom stereocenters. The average molecular weight is 225 g/mol. The molecule has 1 aliphatic heterocycles. The summed E-state index contributed by atoms with van der Waals surface area (Å²) in [6, 6.07) is 12.1. The van der Waals surface area contributed by atoms with E-state index >= 15 is 0 Å². The number of fused-ring (bicyclic) bond motifs is 2. The van der Waals surface area contributed by atoms with Crippen molar-refractivity contribution < 1.29 is 0 Å². The smallest absolute Gasteiger partial charge is 0.0236 e. The Balaban J connectivity index is 2.17. The summed E-state index contributed by atoms with van der Waals surface area (Å²) in [5, 5.41) is 2.76. The summed E-state index contributed by atoms with van der Waals surface area (Å²) in [6.45, 7) is 5.55. The first-order valence-electron chi connectivity index (χ1n) is 6.36. The van der Waals surface area contributed by atoms with Crippen molar-refractivity contribution in [3.63, 3.8) is 0 Å². The van der Waals surface area contributed by atoms with Crippen molar-refractivity contribution in [1.29, 1.82) is 0 Å². The van der Waals surface area contributed by atoms with Crippen LogP contribution in [-0.2, 0) is 13.0 Å². The van der Waals surface area contributed by atoms with Crippen molar-refractivity contribution in [2.75, 3.05) is 7.05 Å². The number of aryl methyl sites for hydroxylation is 1. The SMILES string of the molecule is Cc1ccc2cc3c(cc2c1)CN(C)C(C)C3. The Kier molecular flexibility index (Phi) is 2.44. The molecule has 0 N–H and O–H groups in total. The zero-order valence-electron chi connectivity index (χ0n) is 10.8. The molecule has 1 aliphatic rings. The first-order chi connectivity index (χ1) is 8.13. The molecule has 1 heteroatoms. The fourth-order valence-corrected chi connectivity index (χ4v) is 2.75. The van der Waals surface area contributed by atoms with Gasteiger partial charge in [0.15, 0.2) is 0 Å². The number of hydrogen-bond acceptors (Lipinski definition) is 1. The fourth-order valence-electron chi connectivity index (χ4n) is 2.75. The van der Waals surface area contributed by atoms with Crippen LogP contribution >= 0.6 is 0 Å². The van der Waals surface area contributed by atoms with E-state index in [0.717, 1.165) is 6.54 Å². The van der Waals surface area contributed by atoms with Gasteiger partial charge in [-0.2, -0.15) is 0 Å². The predicted octanol–water partition coefficient (Wildman–Crippen LogP) is 3.52. The van der Waals surface area contributed by atoms with Gasteiger partial charge in [-0.05, 0) is 55.3 Å². The van der Waals surface area contributed by atoms with E-state index < -0.39 is 0 Å². The van der Waals surface area contributed by atoms with Gasteiger partial charge in [-0.15, -0.1) is 0 Å². The zero-order valence-corrected chi connectivity index (χ0v) is 10.8. The lowest BCUT2D eigenvalue weighted by Crippen LogP contribution is -2.34. The molecule has 2 aromatic rings. The van der Waals surface area contributed by atoms with Gasteiger partial charge in [0.05, 0.1) is 0 Å². The van der Waals surface area contributed by atoms with Crippen LogP contribution in [0.25, 0.3) is 10.8 Å². The Hall–Kier alpha value is -1.34. The number of rotatable bonds is 0. The minimum atomic E-state index is 0.658. The number of benzene rings is 2. The van der Waals surface area contributed by atoms with Gasteiger partial charge in [0.25, 0.3) is 0 Å². The van der Waals surface area contributed by atoms with Gasteiger partial charge >= 0.3 is 0 Å². The standard InChI is InChI=1S/C16H19N/c1-11-4-5-13-8-15-7-12(2)17(3)10-16(15)9-14(13)6-11/h4-6,8-9,12H,7,10H2,1-3H3. The number of likely N-dealkylation sites (N-methyl/N-ethyl adjacent to an activating group) is 1. The molecule has 0 amide bonds. The Labute approximate surface area is 103 Å². The largest absolute Gasteiger partial charge is 0.299 e. The molecule has 3 rings (SSSR count). The lowest BCUT2D eigenvalue weighted by molar-refractivity contribution is 0.231. The average Bonchev–Trinajstić information content (AvgIpc) is 2.28. The molecule has 0 bridgehead atoms. The van der Waals surface area contributed by atoms with Crippen LogP contribution in [0.15, 0.2) is 30.3 Å². The summed E-state index contributed by atoms with van der Waals surface area (Å²) in [4.78, 5) is 2.43. The van der Waals surface area contributed by atoms with Crippen LogP contribution in [0.1, 0.15) is 23.6 Å². The van der Waals surface area contributed by atoms with Gasteiger partial charge < -0.3 is 0 Å². The minimum absolute atomic E-state index is 0.658. The first-order valence-corrected chi connectivity index (χ1v) is 6.36. The van der Waals surface area contributed by atoms with Gasteiger partial charge in [-0.1, -0.05) is 29.8 Å². The second-order valence-electron chi connectivity index (χ2n) is 5.44. The molecular weight excluding hydrogens is 206 g/mol. The molecule has 1 unspecified atom stereocenters. The Bertz CT molecular complexity index is 571. The van der Waals surface area contributed by atoms with E-state index in [9.17, 15) is 0 Å². The van der Waals surface area contributed by atoms with E-state index in [2.05, 4.69) is 56.1 Å². The van der Waals surface area contributed by atoms with Crippen molar-refractivity contribution in [1.82, 2.24) is 4.90 Å². The van der Waals surface area contributed by atoms with Crippen LogP contribution in [0.5, 0.6) is 0 Å². The van der Waals surface area contributed by atoms with Crippen LogP contribution in [0.2, 0.25) is 0 Å². The number of nitrogens with zero attached hydrogens (tertiary/aromatic N) is 1. The second kappa shape index (κ2) is 3.85. The van der Waals surface area contributed by atoms with Gasteiger partial charge in [-0.3, -0.25) is 4.90 Å². The van der Waals surface area contributed by atoms with Gasteiger partial charge in [0.1, 0.15) is 0 Å². The highest BCUT2D eigenvalue weighted by atomic mass is 15.1.